The highest BCUT2D eigenvalue weighted by Gasteiger charge is 2.19. The number of nitrogens with two attached hydrogens (primary N) is 1. The lowest BCUT2D eigenvalue weighted by Crippen LogP contribution is -2.39. The van der Waals surface area contributed by atoms with E-state index in [1.807, 2.05) is 0 Å². The Hall–Kier alpha value is -0.570. The Morgan fingerprint density at radius 1 is 0.840 bits per heavy atom. The van der Waals surface area contributed by atoms with E-state index in [2.05, 4.69) is 34.6 Å². The first-order chi connectivity index (χ1) is 11.8. The molecular weight excluding hydrogens is 310 g/mol. The van der Waals surface area contributed by atoms with E-state index in [1.165, 1.54) is 70.6 Å². The summed E-state index contributed by atoms with van der Waals surface area (Å²) in [6.45, 7) is 11.0. The summed E-state index contributed by atoms with van der Waals surface area (Å²) in [5.41, 5.74) is 6.02. The van der Waals surface area contributed by atoms with Crippen molar-refractivity contribution in [1.29, 1.82) is 0 Å². The van der Waals surface area contributed by atoms with E-state index in [4.69, 9.17) is 10.8 Å². The minimum Gasteiger partial charge on any atom is -0.481 e. The van der Waals surface area contributed by atoms with Gasteiger partial charge in [-0.25, -0.2) is 0 Å². The van der Waals surface area contributed by atoms with Crippen LogP contribution in [-0.2, 0) is 4.79 Å². The van der Waals surface area contributed by atoms with Gasteiger partial charge in [0, 0.05) is 12.0 Å². The molecule has 0 spiro atoms. The number of hydrogen-bond acceptors (Lipinski definition) is 2. The van der Waals surface area contributed by atoms with Gasteiger partial charge in [0.2, 0.25) is 0 Å². The molecule has 0 aliphatic carbocycles. The van der Waals surface area contributed by atoms with Crippen LogP contribution in [-0.4, -0.2) is 16.6 Å². The highest BCUT2D eigenvalue weighted by Crippen LogP contribution is 2.20. The molecule has 0 aromatic rings. The zero-order valence-corrected chi connectivity index (χ0v) is 17.9. The van der Waals surface area contributed by atoms with Gasteiger partial charge in [0.05, 0.1) is 0 Å². The molecule has 3 nitrogen and oxygen atoms in total. The highest BCUT2D eigenvalue weighted by atomic mass is 16.4. The Kier molecular flexibility index (Phi) is 19.4. The van der Waals surface area contributed by atoms with Crippen LogP contribution >= 0.6 is 0 Å². The normalized spacial score (nSPS) is 12.4. The van der Waals surface area contributed by atoms with E-state index in [1.54, 1.807) is 0 Å². The third kappa shape index (κ3) is 23.4. The molecule has 0 aromatic carbocycles. The first-order valence-corrected chi connectivity index (χ1v) is 10.8. The molecule has 0 saturated heterocycles. The fraction of sp³-hybridized carbons (Fsp3) is 0.955. The van der Waals surface area contributed by atoms with Gasteiger partial charge in [-0.1, -0.05) is 91.4 Å². The van der Waals surface area contributed by atoms with Gasteiger partial charge in [0.25, 0.3) is 0 Å². The van der Waals surface area contributed by atoms with Crippen LogP contribution < -0.4 is 5.73 Å². The number of carbonyl (C=O) groups is 1. The number of hydrogen-bond donors (Lipinski definition) is 2. The minimum absolute atomic E-state index is 0.00472. The molecule has 3 heteroatoms. The molecule has 25 heavy (non-hydrogen) atoms. The maximum Gasteiger partial charge on any atom is 0.303 e. The molecule has 0 aliphatic heterocycles. The zero-order valence-electron chi connectivity index (χ0n) is 17.9. The Labute approximate surface area is 158 Å². The molecule has 0 rings (SSSR count). The zero-order chi connectivity index (χ0) is 19.6. The van der Waals surface area contributed by atoms with Crippen LogP contribution in [0.1, 0.15) is 125 Å². The van der Waals surface area contributed by atoms with Crippen molar-refractivity contribution in [2.75, 3.05) is 0 Å². The lowest BCUT2D eigenvalue weighted by molar-refractivity contribution is -0.137. The van der Waals surface area contributed by atoms with Crippen molar-refractivity contribution in [3.05, 3.63) is 0 Å². The summed E-state index contributed by atoms with van der Waals surface area (Å²) in [7, 11) is 0. The molecule has 0 aromatic heterocycles. The molecule has 0 amide bonds. The molecule has 0 fully saturated rings. The number of unbranched alkanes of at least 4 members (excludes halogenated alkanes) is 10. The second-order valence-corrected chi connectivity index (χ2v) is 8.19. The van der Waals surface area contributed by atoms with Crippen LogP contribution in [0.3, 0.4) is 0 Å². The van der Waals surface area contributed by atoms with Crippen LogP contribution in [0.25, 0.3) is 0 Å². The molecular formula is C22H47NO2. The van der Waals surface area contributed by atoms with E-state index in [0.717, 1.165) is 12.8 Å². The Balaban J connectivity index is 0. The number of carboxylic acid groups (broad SMARTS) is 1. The van der Waals surface area contributed by atoms with Crippen molar-refractivity contribution in [3.63, 3.8) is 0 Å². The van der Waals surface area contributed by atoms with Crippen molar-refractivity contribution in [2.45, 2.75) is 130 Å². The predicted molar refractivity (Wildman–Crippen MR) is 111 cm³/mol. The predicted octanol–water partition coefficient (Wildman–Crippen LogP) is 6.93. The van der Waals surface area contributed by atoms with Crippen LogP contribution in [0.5, 0.6) is 0 Å². The lowest BCUT2D eigenvalue weighted by atomic mass is 9.86. The van der Waals surface area contributed by atoms with Crippen molar-refractivity contribution < 1.29 is 9.90 Å². The first kappa shape index (κ1) is 26.7. The molecule has 1 atom stereocenters. The first-order valence-electron chi connectivity index (χ1n) is 10.8. The SMILES string of the molecule is CCCCCCCC(C)C(C)(C)N.CCCCCCCCCC(=O)O. The molecule has 152 valence electrons. The monoisotopic (exact) mass is 357 g/mol. The van der Waals surface area contributed by atoms with Gasteiger partial charge in [-0.3, -0.25) is 4.79 Å². The summed E-state index contributed by atoms with van der Waals surface area (Å²) < 4.78 is 0. The highest BCUT2D eigenvalue weighted by molar-refractivity contribution is 5.66. The number of aliphatic carboxylic acids is 1. The van der Waals surface area contributed by atoms with Crippen LogP contribution in [0, 0.1) is 5.92 Å². The van der Waals surface area contributed by atoms with Gasteiger partial charge in [-0.05, 0) is 32.6 Å². The van der Waals surface area contributed by atoms with Crippen molar-refractivity contribution in [3.8, 4) is 0 Å². The smallest absolute Gasteiger partial charge is 0.303 e. The average molecular weight is 358 g/mol. The van der Waals surface area contributed by atoms with Gasteiger partial charge < -0.3 is 10.8 Å². The van der Waals surface area contributed by atoms with Crippen molar-refractivity contribution >= 4 is 5.97 Å². The van der Waals surface area contributed by atoms with Gasteiger partial charge in [-0.15, -0.1) is 0 Å². The number of rotatable bonds is 15. The van der Waals surface area contributed by atoms with Gasteiger partial charge >= 0.3 is 5.97 Å². The summed E-state index contributed by atoms with van der Waals surface area (Å²) in [6, 6.07) is 0. The molecule has 0 heterocycles. The molecule has 0 bridgehead atoms. The summed E-state index contributed by atoms with van der Waals surface area (Å²) in [5, 5.41) is 8.35. The maximum atomic E-state index is 10.1. The van der Waals surface area contributed by atoms with Crippen molar-refractivity contribution in [1.82, 2.24) is 0 Å². The Morgan fingerprint density at radius 3 is 1.64 bits per heavy atom. The van der Waals surface area contributed by atoms with Crippen LogP contribution in [0.2, 0.25) is 0 Å². The molecule has 0 radical (unpaired) electrons. The Morgan fingerprint density at radius 2 is 1.24 bits per heavy atom. The Bertz CT molecular complexity index is 284. The topological polar surface area (TPSA) is 63.3 Å². The van der Waals surface area contributed by atoms with Crippen LogP contribution in [0.15, 0.2) is 0 Å². The van der Waals surface area contributed by atoms with E-state index in [9.17, 15) is 4.79 Å². The summed E-state index contributed by atoms with van der Waals surface area (Å²) in [5.74, 6) is -0.0160. The maximum absolute atomic E-state index is 10.1. The molecule has 1 unspecified atom stereocenters. The quantitative estimate of drug-likeness (QED) is 0.312. The van der Waals surface area contributed by atoms with E-state index in [-0.39, 0.29) is 5.54 Å². The van der Waals surface area contributed by atoms with Crippen LogP contribution in [0.4, 0.5) is 0 Å². The number of carboxylic acids is 1. The lowest BCUT2D eigenvalue weighted by Gasteiger charge is -2.27. The minimum atomic E-state index is -0.663. The second kappa shape index (κ2) is 18.2. The third-order valence-corrected chi connectivity index (χ3v) is 5.01. The van der Waals surface area contributed by atoms with E-state index >= 15 is 0 Å². The largest absolute Gasteiger partial charge is 0.481 e. The summed E-state index contributed by atoms with van der Waals surface area (Å²) in [4.78, 5) is 10.1. The fourth-order valence-corrected chi connectivity index (χ4v) is 2.66. The standard InChI is InChI=1S/C12H27N.C10H20O2/c1-5-6-7-8-9-10-11(2)12(3,4)13;1-2-3-4-5-6-7-8-9-10(11)12/h11H,5-10,13H2,1-4H3;2-9H2,1H3,(H,11,12). The fourth-order valence-electron chi connectivity index (χ4n) is 2.66. The third-order valence-electron chi connectivity index (χ3n) is 5.01. The molecule has 0 saturated carbocycles. The van der Waals surface area contributed by atoms with Gasteiger partial charge in [0.15, 0.2) is 0 Å². The molecule has 3 N–H and O–H groups in total. The van der Waals surface area contributed by atoms with Crippen molar-refractivity contribution in [2.24, 2.45) is 11.7 Å². The summed E-state index contributed by atoms with van der Waals surface area (Å²) in [6.07, 6.45) is 16.8. The van der Waals surface area contributed by atoms with Gasteiger partial charge in [-0.2, -0.15) is 0 Å². The van der Waals surface area contributed by atoms with Gasteiger partial charge in [0.1, 0.15) is 0 Å². The second-order valence-electron chi connectivity index (χ2n) is 8.19. The molecule has 0 aliphatic rings. The van der Waals surface area contributed by atoms with E-state index < -0.39 is 5.97 Å². The van der Waals surface area contributed by atoms with E-state index in [0.29, 0.717) is 12.3 Å². The average Bonchev–Trinajstić information content (AvgIpc) is 2.53. The summed E-state index contributed by atoms with van der Waals surface area (Å²) >= 11 is 0.